The Morgan fingerprint density at radius 2 is 1.58 bits per heavy atom. The molecule has 0 spiro atoms. The Kier molecular flexibility index (Phi) is 9.59. The molecule has 4 nitrogen and oxygen atoms in total. The largest absolute Gasteiger partial charge is 0.309 e. The van der Waals surface area contributed by atoms with Crippen molar-refractivity contribution < 1.29 is 0 Å². The fraction of sp³-hybridized carbons (Fsp3) is 0.448. The van der Waals surface area contributed by atoms with Crippen LogP contribution in [-0.2, 0) is 19.5 Å². The van der Waals surface area contributed by atoms with Crippen molar-refractivity contribution in [2.24, 2.45) is 0 Å². The minimum Gasteiger partial charge on any atom is -0.309 e. The fourth-order valence-electron chi connectivity index (χ4n) is 4.42. The van der Waals surface area contributed by atoms with Gasteiger partial charge in [-0.1, -0.05) is 49.4 Å². The van der Waals surface area contributed by atoms with E-state index < -0.39 is 0 Å². The van der Waals surface area contributed by atoms with E-state index in [2.05, 4.69) is 93.2 Å². The molecule has 1 aromatic carbocycles. The van der Waals surface area contributed by atoms with Crippen molar-refractivity contribution in [3.8, 4) is 0 Å². The fourth-order valence-corrected chi connectivity index (χ4v) is 4.42. The molecule has 3 aromatic rings. The van der Waals surface area contributed by atoms with Gasteiger partial charge in [0.25, 0.3) is 0 Å². The molecule has 2 aromatic heterocycles. The van der Waals surface area contributed by atoms with Crippen molar-refractivity contribution in [2.75, 3.05) is 27.2 Å². The second-order valence-corrected chi connectivity index (χ2v) is 9.63. The smallest absolute Gasteiger partial charge is 0.0578 e. The number of unbranched alkanes of at least 4 members (excludes halogenated alkanes) is 1. The van der Waals surface area contributed by atoms with E-state index in [1.807, 2.05) is 12.4 Å². The van der Waals surface area contributed by atoms with E-state index in [0.717, 1.165) is 32.6 Å². The summed E-state index contributed by atoms with van der Waals surface area (Å²) in [6.45, 7) is 10.5. The lowest BCUT2D eigenvalue weighted by Gasteiger charge is -2.25. The molecule has 4 heteroatoms. The molecule has 0 saturated carbocycles. The first kappa shape index (κ1) is 25.1. The summed E-state index contributed by atoms with van der Waals surface area (Å²) in [4.78, 5) is 14.4. The third-order valence-electron chi connectivity index (χ3n) is 6.24. The highest BCUT2D eigenvalue weighted by Gasteiger charge is 2.17. The molecule has 0 aliphatic carbocycles. The average Bonchev–Trinajstić information content (AvgIpc) is 2.79. The van der Waals surface area contributed by atoms with Crippen molar-refractivity contribution in [1.29, 1.82) is 0 Å². The van der Waals surface area contributed by atoms with E-state index in [1.54, 1.807) is 0 Å². The predicted octanol–water partition coefficient (Wildman–Crippen LogP) is 5.78. The number of aryl methyl sites for hydroxylation is 2. The Balaban J connectivity index is 1.76. The van der Waals surface area contributed by atoms with Gasteiger partial charge >= 0.3 is 0 Å². The third-order valence-corrected chi connectivity index (χ3v) is 6.24. The van der Waals surface area contributed by atoms with Gasteiger partial charge in [0.1, 0.15) is 0 Å². The number of benzene rings is 1. The molecule has 0 bridgehead atoms. The summed E-state index contributed by atoms with van der Waals surface area (Å²) in [7, 11) is 4.29. The summed E-state index contributed by atoms with van der Waals surface area (Å²) in [5, 5.41) is 0. The summed E-state index contributed by atoms with van der Waals surface area (Å²) in [6, 6.07) is 17.3. The van der Waals surface area contributed by atoms with Gasteiger partial charge < -0.3 is 4.90 Å². The molecule has 1 atom stereocenters. The maximum Gasteiger partial charge on any atom is 0.0578 e. The molecule has 2 heterocycles. The summed E-state index contributed by atoms with van der Waals surface area (Å²) >= 11 is 0. The van der Waals surface area contributed by atoms with Crippen LogP contribution >= 0.6 is 0 Å². The Hall–Kier alpha value is -2.56. The van der Waals surface area contributed by atoms with E-state index in [4.69, 9.17) is 9.97 Å². The standard InChI is InChI=1S/C29H40N4/c1-23-18-25(3)28(31-20-23)21-33(17-10-9-16-32(4)5)22-29-27(14-11-15-30-29)24(2)19-26-12-7-6-8-13-26/h6-8,11-15,18,20,24H,9-10,16-17,19,21-22H2,1-5H3. The summed E-state index contributed by atoms with van der Waals surface area (Å²) in [5.41, 5.74) is 7.58. The molecule has 33 heavy (non-hydrogen) atoms. The lowest BCUT2D eigenvalue weighted by atomic mass is 9.92. The maximum atomic E-state index is 4.85. The third kappa shape index (κ3) is 8.06. The van der Waals surface area contributed by atoms with Gasteiger partial charge in [0.05, 0.1) is 11.4 Å². The SMILES string of the molecule is Cc1cnc(CN(CCCCN(C)C)Cc2ncccc2C(C)Cc2ccccc2)c(C)c1. The van der Waals surface area contributed by atoms with Gasteiger partial charge in [0, 0.05) is 25.5 Å². The highest BCUT2D eigenvalue weighted by Crippen LogP contribution is 2.24. The van der Waals surface area contributed by atoms with Gasteiger partial charge in [-0.2, -0.15) is 0 Å². The second kappa shape index (κ2) is 12.6. The first-order valence-corrected chi connectivity index (χ1v) is 12.2. The van der Waals surface area contributed by atoms with Gasteiger partial charge in [0.2, 0.25) is 0 Å². The molecule has 0 N–H and O–H groups in total. The zero-order chi connectivity index (χ0) is 23.6. The molecule has 1 unspecified atom stereocenters. The number of hydrogen-bond donors (Lipinski definition) is 0. The number of aromatic nitrogens is 2. The van der Waals surface area contributed by atoms with Gasteiger partial charge in [-0.25, -0.2) is 0 Å². The van der Waals surface area contributed by atoms with Crippen LogP contribution < -0.4 is 0 Å². The number of nitrogens with zero attached hydrogens (tertiary/aromatic N) is 4. The molecular weight excluding hydrogens is 404 g/mol. The van der Waals surface area contributed by atoms with E-state index in [1.165, 1.54) is 46.5 Å². The van der Waals surface area contributed by atoms with Crippen LogP contribution in [0.3, 0.4) is 0 Å². The predicted molar refractivity (Wildman–Crippen MR) is 138 cm³/mol. The Morgan fingerprint density at radius 1 is 0.848 bits per heavy atom. The van der Waals surface area contributed by atoms with E-state index >= 15 is 0 Å². The highest BCUT2D eigenvalue weighted by molar-refractivity contribution is 5.27. The van der Waals surface area contributed by atoms with Crippen LogP contribution in [0.2, 0.25) is 0 Å². The summed E-state index contributed by atoms with van der Waals surface area (Å²) < 4.78 is 0. The van der Waals surface area contributed by atoms with Crippen LogP contribution in [0.1, 0.15) is 59.3 Å². The van der Waals surface area contributed by atoms with Crippen molar-refractivity contribution in [2.45, 2.75) is 59.0 Å². The molecule has 3 rings (SSSR count). The minimum atomic E-state index is 0.422. The molecule has 176 valence electrons. The lowest BCUT2D eigenvalue weighted by Crippen LogP contribution is -2.27. The maximum absolute atomic E-state index is 4.85. The summed E-state index contributed by atoms with van der Waals surface area (Å²) in [5.74, 6) is 0.422. The van der Waals surface area contributed by atoms with E-state index in [0.29, 0.717) is 5.92 Å². The monoisotopic (exact) mass is 444 g/mol. The van der Waals surface area contributed by atoms with Gasteiger partial charge in [-0.15, -0.1) is 0 Å². The quantitative estimate of drug-likeness (QED) is 0.331. The summed E-state index contributed by atoms with van der Waals surface area (Å²) in [6.07, 6.45) is 7.32. The molecular formula is C29H40N4. The zero-order valence-corrected chi connectivity index (χ0v) is 21.1. The van der Waals surface area contributed by atoms with E-state index in [-0.39, 0.29) is 0 Å². The highest BCUT2D eigenvalue weighted by atomic mass is 15.1. The number of rotatable bonds is 12. The molecule has 0 radical (unpaired) electrons. The lowest BCUT2D eigenvalue weighted by molar-refractivity contribution is 0.239. The van der Waals surface area contributed by atoms with Crippen molar-refractivity contribution in [3.63, 3.8) is 0 Å². The Bertz CT molecular complexity index is 984. The topological polar surface area (TPSA) is 32.3 Å². The van der Waals surface area contributed by atoms with Crippen LogP contribution in [-0.4, -0.2) is 47.0 Å². The Labute approximate surface area is 200 Å². The van der Waals surface area contributed by atoms with Gasteiger partial charge in [0.15, 0.2) is 0 Å². The molecule has 0 aliphatic heterocycles. The minimum absolute atomic E-state index is 0.422. The Morgan fingerprint density at radius 3 is 2.30 bits per heavy atom. The number of pyridine rings is 2. The van der Waals surface area contributed by atoms with E-state index in [9.17, 15) is 0 Å². The van der Waals surface area contributed by atoms with Gasteiger partial charge in [-0.05, 0) is 94.5 Å². The van der Waals surface area contributed by atoms with Crippen LogP contribution in [0.5, 0.6) is 0 Å². The molecule has 0 saturated heterocycles. The molecule has 0 amide bonds. The van der Waals surface area contributed by atoms with Crippen LogP contribution in [0, 0.1) is 13.8 Å². The number of hydrogen-bond acceptors (Lipinski definition) is 4. The first-order valence-electron chi connectivity index (χ1n) is 12.2. The zero-order valence-electron chi connectivity index (χ0n) is 21.1. The van der Waals surface area contributed by atoms with Crippen LogP contribution in [0.15, 0.2) is 60.9 Å². The molecule has 0 fully saturated rings. The second-order valence-electron chi connectivity index (χ2n) is 9.63. The average molecular weight is 445 g/mol. The first-order chi connectivity index (χ1) is 15.9. The van der Waals surface area contributed by atoms with Crippen molar-refractivity contribution >= 4 is 0 Å². The van der Waals surface area contributed by atoms with Crippen LogP contribution in [0.25, 0.3) is 0 Å². The normalized spacial score (nSPS) is 12.5. The van der Waals surface area contributed by atoms with Crippen molar-refractivity contribution in [3.05, 3.63) is 94.6 Å². The van der Waals surface area contributed by atoms with Crippen molar-refractivity contribution in [1.82, 2.24) is 19.8 Å². The molecule has 0 aliphatic rings. The van der Waals surface area contributed by atoms with Crippen LogP contribution in [0.4, 0.5) is 0 Å². The van der Waals surface area contributed by atoms with Gasteiger partial charge in [-0.3, -0.25) is 14.9 Å².